The van der Waals surface area contributed by atoms with Crippen LogP contribution in [0.4, 0.5) is 5.69 Å². The normalized spacial score (nSPS) is 14.7. The quantitative estimate of drug-likeness (QED) is 0.550. The Kier molecular flexibility index (Phi) is 5.94. The standard InChI is InChI=1S/C22H22N4O4S/c1-5-29-17-11-10-14(12-18(17)28-3)21-26(13(2)27)16-9-7-6-8-15(16)19-20(30-21)23-22(31-4)25-24-19/h6-12,21H,5H2,1-4H3/t21-/m0/s1. The van der Waals surface area contributed by atoms with Gasteiger partial charge in [0.05, 0.1) is 19.4 Å². The first-order valence-electron chi connectivity index (χ1n) is 9.72. The first kappa shape index (κ1) is 20.9. The monoisotopic (exact) mass is 438 g/mol. The lowest BCUT2D eigenvalue weighted by molar-refractivity contribution is -0.118. The van der Waals surface area contributed by atoms with Crippen molar-refractivity contribution in [1.29, 1.82) is 0 Å². The third-order valence-corrected chi connectivity index (χ3v) is 5.34. The molecule has 0 aliphatic carbocycles. The predicted molar refractivity (Wildman–Crippen MR) is 118 cm³/mol. The fourth-order valence-corrected chi connectivity index (χ4v) is 3.77. The summed E-state index contributed by atoms with van der Waals surface area (Å²) in [5.41, 5.74) is 2.59. The highest BCUT2D eigenvalue weighted by Crippen LogP contribution is 2.44. The minimum absolute atomic E-state index is 0.184. The Morgan fingerprint density at radius 3 is 2.71 bits per heavy atom. The number of carbonyl (C=O) groups excluding carboxylic acids is 1. The summed E-state index contributed by atoms with van der Waals surface area (Å²) in [6.07, 6.45) is 1.08. The van der Waals surface area contributed by atoms with E-state index in [1.165, 1.54) is 18.7 Å². The molecule has 8 nitrogen and oxygen atoms in total. The maximum atomic E-state index is 12.8. The van der Waals surface area contributed by atoms with Gasteiger partial charge in [-0.15, -0.1) is 10.2 Å². The van der Waals surface area contributed by atoms with Gasteiger partial charge in [-0.3, -0.25) is 9.69 Å². The second kappa shape index (κ2) is 8.81. The van der Waals surface area contributed by atoms with Gasteiger partial charge in [-0.1, -0.05) is 30.0 Å². The molecule has 1 amide bonds. The summed E-state index contributed by atoms with van der Waals surface area (Å²) in [5, 5.41) is 8.99. The Bertz CT molecular complexity index is 1120. The van der Waals surface area contributed by atoms with Crippen LogP contribution < -0.4 is 19.1 Å². The second-order valence-corrected chi connectivity index (χ2v) is 7.45. The van der Waals surface area contributed by atoms with Gasteiger partial charge >= 0.3 is 0 Å². The lowest BCUT2D eigenvalue weighted by Crippen LogP contribution is -2.36. The summed E-state index contributed by atoms with van der Waals surface area (Å²) >= 11 is 1.37. The fourth-order valence-electron chi connectivity index (χ4n) is 3.47. The number of aromatic nitrogens is 3. The number of amides is 1. The van der Waals surface area contributed by atoms with Gasteiger partial charge in [-0.25, -0.2) is 0 Å². The number of benzene rings is 2. The highest BCUT2D eigenvalue weighted by atomic mass is 32.2. The predicted octanol–water partition coefficient (Wildman–Crippen LogP) is 4.11. The van der Waals surface area contributed by atoms with Gasteiger partial charge in [0.1, 0.15) is 0 Å². The summed E-state index contributed by atoms with van der Waals surface area (Å²) in [7, 11) is 1.57. The van der Waals surface area contributed by atoms with Crippen LogP contribution in [-0.4, -0.2) is 41.1 Å². The SMILES string of the molecule is CCOc1ccc([C@@H]2Oc3nc(SC)nnc3-c3ccccc3N2C(C)=O)cc1OC. The highest BCUT2D eigenvalue weighted by molar-refractivity contribution is 7.98. The third kappa shape index (κ3) is 3.88. The molecule has 1 aromatic heterocycles. The van der Waals surface area contributed by atoms with Crippen molar-refractivity contribution in [2.45, 2.75) is 25.2 Å². The lowest BCUT2D eigenvalue weighted by Gasteiger charge is -2.30. The largest absolute Gasteiger partial charge is 0.493 e. The minimum Gasteiger partial charge on any atom is -0.493 e. The van der Waals surface area contributed by atoms with E-state index in [1.54, 1.807) is 12.0 Å². The van der Waals surface area contributed by atoms with E-state index < -0.39 is 6.23 Å². The molecule has 0 N–H and O–H groups in total. The Morgan fingerprint density at radius 2 is 2.00 bits per heavy atom. The van der Waals surface area contributed by atoms with Crippen LogP contribution in [0.15, 0.2) is 47.6 Å². The lowest BCUT2D eigenvalue weighted by atomic mass is 10.1. The number of methoxy groups -OCH3 is 1. The molecule has 0 radical (unpaired) electrons. The number of nitrogens with zero attached hydrogens (tertiary/aromatic N) is 4. The topological polar surface area (TPSA) is 86.7 Å². The van der Waals surface area contributed by atoms with Crippen molar-refractivity contribution in [2.75, 3.05) is 24.9 Å². The molecule has 0 saturated heterocycles. The molecule has 1 aliphatic rings. The van der Waals surface area contributed by atoms with Crippen molar-refractivity contribution in [3.05, 3.63) is 48.0 Å². The Hall–Kier alpha value is -3.33. The maximum absolute atomic E-state index is 12.8. The van der Waals surface area contributed by atoms with Gasteiger partial charge in [0.2, 0.25) is 23.2 Å². The summed E-state index contributed by atoms with van der Waals surface area (Å²) < 4.78 is 17.5. The van der Waals surface area contributed by atoms with E-state index in [0.717, 1.165) is 5.56 Å². The van der Waals surface area contributed by atoms with Crippen LogP contribution in [-0.2, 0) is 4.79 Å². The summed E-state index contributed by atoms with van der Waals surface area (Å²) in [6.45, 7) is 3.92. The number of thioether (sulfide) groups is 1. The minimum atomic E-state index is -0.782. The number of rotatable bonds is 5. The van der Waals surface area contributed by atoms with Gasteiger partial charge in [0.25, 0.3) is 0 Å². The van der Waals surface area contributed by atoms with Crippen LogP contribution in [0.2, 0.25) is 0 Å². The van der Waals surface area contributed by atoms with Crippen molar-refractivity contribution in [2.24, 2.45) is 0 Å². The number of ether oxygens (including phenoxy) is 3. The van der Waals surface area contributed by atoms with Crippen LogP contribution >= 0.6 is 11.8 Å². The molecule has 3 aromatic rings. The van der Waals surface area contributed by atoms with Crippen molar-refractivity contribution in [3.8, 4) is 28.6 Å². The molecular formula is C22H22N4O4S. The molecule has 1 atom stereocenters. The van der Waals surface area contributed by atoms with E-state index in [2.05, 4.69) is 15.2 Å². The molecule has 1 aliphatic heterocycles. The van der Waals surface area contributed by atoms with Gasteiger partial charge < -0.3 is 14.2 Å². The molecule has 0 saturated carbocycles. The summed E-state index contributed by atoms with van der Waals surface area (Å²) in [4.78, 5) is 18.9. The van der Waals surface area contributed by atoms with Crippen LogP contribution in [0.25, 0.3) is 11.3 Å². The van der Waals surface area contributed by atoms with Gasteiger partial charge in [0.15, 0.2) is 17.2 Å². The molecule has 31 heavy (non-hydrogen) atoms. The Labute approximate surface area is 184 Å². The van der Waals surface area contributed by atoms with Crippen molar-refractivity contribution >= 4 is 23.4 Å². The van der Waals surface area contributed by atoms with E-state index in [1.807, 2.05) is 55.6 Å². The molecule has 0 spiro atoms. The first-order valence-corrected chi connectivity index (χ1v) is 10.9. The molecule has 160 valence electrons. The van der Waals surface area contributed by atoms with Crippen LogP contribution in [0.3, 0.4) is 0 Å². The zero-order valence-corrected chi connectivity index (χ0v) is 18.5. The smallest absolute Gasteiger partial charge is 0.247 e. The van der Waals surface area contributed by atoms with E-state index in [4.69, 9.17) is 14.2 Å². The van der Waals surface area contributed by atoms with Gasteiger partial charge in [-0.05, 0) is 37.4 Å². The number of hydrogen-bond donors (Lipinski definition) is 0. The van der Waals surface area contributed by atoms with Crippen molar-refractivity contribution in [1.82, 2.24) is 15.2 Å². The molecule has 9 heteroatoms. The summed E-state index contributed by atoms with van der Waals surface area (Å²) in [5.74, 6) is 1.30. The maximum Gasteiger partial charge on any atom is 0.247 e. The average Bonchev–Trinajstić information content (AvgIpc) is 2.93. The van der Waals surface area contributed by atoms with Crippen LogP contribution in [0, 0.1) is 0 Å². The van der Waals surface area contributed by atoms with Gasteiger partial charge in [-0.2, -0.15) is 4.98 Å². The highest BCUT2D eigenvalue weighted by Gasteiger charge is 2.35. The molecule has 4 rings (SSSR count). The Morgan fingerprint density at radius 1 is 1.19 bits per heavy atom. The summed E-state index contributed by atoms with van der Waals surface area (Å²) in [6, 6.07) is 13.0. The van der Waals surface area contributed by atoms with Crippen LogP contribution in [0.5, 0.6) is 17.4 Å². The zero-order chi connectivity index (χ0) is 22.0. The molecule has 0 bridgehead atoms. The molecule has 2 heterocycles. The molecule has 0 unspecified atom stereocenters. The Balaban J connectivity index is 1.92. The number of fused-ring (bicyclic) bond motifs is 3. The van der Waals surface area contributed by atoms with Gasteiger partial charge in [0, 0.05) is 18.1 Å². The van der Waals surface area contributed by atoms with Crippen molar-refractivity contribution in [3.63, 3.8) is 0 Å². The molecule has 2 aromatic carbocycles. The van der Waals surface area contributed by atoms with Crippen molar-refractivity contribution < 1.29 is 19.0 Å². The third-order valence-electron chi connectivity index (χ3n) is 4.81. The van der Waals surface area contributed by atoms with E-state index in [0.29, 0.717) is 46.1 Å². The average molecular weight is 439 g/mol. The number of hydrogen-bond acceptors (Lipinski definition) is 8. The van der Waals surface area contributed by atoms with E-state index in [-0.39, 0.29) is 5.91 Å². The second-order valence-electron chi connectivity index (χ2n) is 6.67. The zero-order valence-electron chi connectivity index (χ0n) is 17.7. The molecule has 0 fully saturated rings. The van der Waals surface area contributed by atoms with Crippen LogP contribution in [0.1, 0.15) is 25.6 Å². The number of para-hydroxylation sites is 1. The number of anilines is 1. The number of carbonyl (C=O) groups is 1. The van der Waals surface area contributed by atoms with E-state index in [9.17, 15) is 4.79 Å². The van der Waals surface area contributed by atoms with E-state index >= 15 is 0 Å². The molecular weight excluding hydrogens is 416 g/mol. The first-order chi connectivity index (χ1) is 15.1. The fraction of sp³-hybridized carbons (Fsp3) is 0.273.